The first-order valence-corrected chi connectivity index (χ1v) is 16.1. The molecule has 0 bridgehead atoms. The molecular formula is C32H38ClN3O6S. The maximum atomic E-state index is 14.2. The largest absolute Gasteiger partial charge is 0.493 e. The number of hydrogen-bond donors (Lipinski definition) is 1. The summed E-state index contributed by atoms with van der Waals surface area (Å²) < 4.78 is 40.0. The van der Waals surface area contributed by atoms with Crippen molar-refractivity contribution in [3.63, 3.8) is 0 Å². The fourth-order valence-electron chi connectivity index (χ4n) is 5.31. The highest BCUT2D eigenvalue weighted by Gasteiger charge is 2.35. The Hall–Kier alpha value is -3.76. The summed E-state index contributed by atoms with van der Waals surface area (Å²) in [6.45, 7) is 1.45. The van der Waals surface area contributed by atoms with Gasteiger partial charge in [-0.25, -0.2) is 8.42 Å². The summed E-state index contributed by atoms with van der Waals surface area (Å²) >= 11 is 6.11. The number of amides is 2. The lowest BCUT2D eigenvalue weighted by Gasteiger charge is -2.33. The van der Waals surface area contributed by atoms with Gasteiger partial charge in [0.2, 0.25) is 11.8 Å². The number of benzene rings is 3. The number of rotatable bonds is 13. The van der Waals surface area contributed by atoms with Crippen LogP contribution in [0, 0.1) is 0 Å². The average molecular weight is 628 g/mol. The van der Waals surface area contributed by atoms with Crippen molar-refractivity contribution in [3.05, 3.63) is 83.4 Å². The van der Waals surface area contributed by atoms with Gasteiger partial charge in [-0.1, -0.05) is 61.7 Å². The zero-order chi connectivity index (χ0) is 31.0. The second-order valence-corrected chi connectivity index (χ2v) is 12.7. The summed E-state index contributed by atoms with van der Waals surface area (Å²) in [7, 11) is -1.42. The summed E-state index contributed by atoms with van der Waals surface area (Å²) in [6, 6.07) is 19.1. The smallest absolute Gasteiger partial charge is 0.264 e. The molecule has 0 saturated heterocycles. The van der Waals surface area contributed by atoms with Crippen molar-refractivity contribution in [2.45, 2.75) is 62.6 Å². The molecule has 1 N–H and O–H groups in total. The van der Waals surface area contributed by atoms with Gasteiger partial charge in [0.05, 0.1) is 24.8 Å². The molecule has 1 fully saturated rings. The fraction of sp³-hybridized carbons (Fsp3) is 0.375. The van der Waals surface area contributed by atoms with Gasteiger partial charge in [-0.05, 0) is 61.2 Å². The van der Waals surface area contributed by atoms with Crippen molar-refractivity contribution in [2.24, 2.45) is 0 Å². The molecule has 43 heavy (non-hydrogen) atoms. The monoisotopic (exact) mass is 627 g/mol. The lowest BCUT2D eigenvalue weighted by molar-refractivity contribution is -0.140. The van der Waals surface area contributed by atoms with E-state index >= 15 is 0 Å². The molecular weight excluding hydrogens is 590 g/mol. The number of carbonyl (C=O) groups is 2. The maximum absolute atomic E-state index is 14.2. The molecule has 11 heteroatoms. The van der Waals surface area contributed by atoms with Crippen LogP contribution in [-0.4, -0.2) is 58.0 Å². The SMILES string of the molecule is CCC(C(=O)NC1CCCC1)N(Cc1ccccc1)C(=O)CN(c1ccc(Cl)cc1)S(=O)(=O)c1ccc(OC)c(OC)c1. The molecule has 4 rings (SSSR count). The van der Waals surface area contributed by atoms with Gasteiger partial charge in [0.25, 0.3) is 10.0 Å². The van der Waals surface area contributed by atoms with Gasteiger partial charge >= 0.3 is 0 Å². The van der Waals surface area contributed by atoms with E-state index in [1.165, 1.54) is 37.3 Å². The lowest BCUT2D eigenvalue weighted by atomic mass is 10.1. The topological polar surface area (TPSA) is 105 Å². The second-order valence-electron chi connectivity index (χ2n) is 10.4. The van der Waals surface area contributed by atoms with Crippen LogP contribution in [0.3, 0.4) is 0 Å². The summed E-state index contributed by atoms with van der Waals surface area (Å²) in [5, 5.41) is 3.53. The van der Waals surface area contributed by atoms with Crippen LogP contribution in [0.1, 0.15) is 44.6 Å². The minimum absolute atomic E-state index is 0.0752. The standard InChI is InChI=1S/C32H38ClN3O6S/c1-4-28(32(38)34-25-12-8-9-13-25)35(21-23-10-6-5-7-11-23)31(37)22-36(26-16-14-24(33)15-17-26)43(39,40)27-18-19-29(41-2)30(20-27)42-3/h5-7,10-11,14-20,25,28H,4,8-9,12-13,21-22H2,1-3H3,(H,34,38). The molecule has 0 aliphatic heterocycles. The number of methoxy groups -OCH3 is 2. The minimum atomic E-state index is -4.29. The third-order valence-corrected chi connectivity index (χ3v) is 9.64. The van der Waals surface area contributed by atoms with Crippen molar-refractivity contribution in [3.8, 4) is 11.5 Å². The van der Waals surface area contributed by atoms with Crippen molar-refractivity contribution >= 4 is 39.1 Å². The minimum Gasteiger partial charge on any atom is -0.493 e. The summed E-state index contributed by atoms with van der Waals surface area (Å²) in [6.07, 6.45) is 4.28. The number of nitrogens with one attached hydrogen (secondary N) is 1. The average Bonchev–Trinajstić information content (AvgIpc) is 3.53. The number of hydrogen-bond acceptors (Lipinski definition) is 6. The summed E-state index contributed by atoms with van der Waals surface area (Å²) in [5.74, 6) is -0.161. The second kappa shape index (κ2) is 14.6. The van der Waals surface area contributed by atoms with Crippen molar-refractivity contribution in [1.82, 2.24) is 10.2 Å². The van der Waals surface area contributed by atoms with E-state index in [9.17, 15) is 18.0 Å². The number of carbonyl (C=O) groups excluding carboxylic acids is 2. The normalized spacial score (nSPS) is 14.1. The molecule has 230 valence electrons. The molecule has 1 aliphatic carbocycles. The molecule has 0 heterocycles. The van der Waals surface area contributed by atoms with Gasteiger partial charge < -0.3 is 19.7 Å². The molecule has 0 aromatic heterocycles. The van der Waals surface area contributed by atoms with E-state index in [4.69, 9.17) is 21.1 Å². The van der Waals surface area contributed by atoms with Crippen molar-refractivity contribution < 1.29 is 27.5 Å². The predicted octanol–water partition coefficient (Wildman–Crippen LogP) is 5.42. The van der Waals surface area contributed by atoms with Crippen LogP contribution in [0.4, 0.5) is 5.69 Å². The molecule has 3 aromatic carbocycles. The van der Waals surface area contributed by atoms with Gasteiger partial charge in [0, 0.05) is 23.7 Å². The van der Waals surface area contributed by atoms with E-state index in [0.717, 1.165) is 35.6 Å². The van der Waals surface area contributed by atoms with Crippen LogP contribution in [0.5, 0.6) is 11.5 Å². The zero-order valence-electron chi connectivity index (χ0n) is 24.7. The number of ether oxygens (including phenoxy) is 2. The van der Waals surface area contributed by atoms with Gasteiger partial charge in [-0.3, -0.25) is 13.9 Å². The van der Waals surface area contributed by atoms with Crippen molar-refractivity contribution in [2.75, 3.05) is 25.1 Å². The molecule has 2 amide bonds. The molecule has 1 saturated carbocycles. The van der Waals surface area contributed by atoms with E-state index in [2.05, 4.69) is 5.32 Å². The Bertz CT molecular complexity index is 1500. The first-order valence-electron chi connectivity index (χ1n) is 14.3. The third-order valence-electron chi connectivity index (χ3n) is 7.62. The molecule has 0 spiro atoms. The Labute approximate surface area is 258 Å². The molecule has 1 unspecified atom stereocenters. The van der Waals surface area contributed by atoms with Crippen LogP contribution >= 0.6 is 11.6 Å². The van der Waals surface area contributed by atoms with Crippen LogP contribution in [0.25, 0.3) is 0 Å². The Balaban J connectivity index is 1.72. The maximum Gasteiger partial charge on any atom is 0.264 e. The van der Waals surface area contributed by atoms with Crippen LogP contribution in [0.15, 0.2) is 77.7 Å². The van der Waals surface area contributed by atoms with Crippen LogP contribution < -0.4 is 19.1 Å². The van der Waals surface area contributed by atoms with E-state index in [0.29, 0.717) is 17.2 Å². The van der Waals surface area contributed by atoms with E-state index in [1.807, 2.05) is 37.3 Å². The Kier molecular flexibility index (Phi) is 10.9. The molecule has 1 atom stereocenters. The molecule has 0 radical (unpaired) electrons. The molecule has 9 nitrogen and oxygen atoms in total. The van der Waals surface area contributed by atoms with Crippen LogP contribution in [-0.2, 0) is 26.2 Å². The van der Waals surface area contributed by atoms with Crippen LogP contribution in [0.2, 0.25) is 5.02 Å². The van der Waals surface area contributed by atoms with Gasteiger partial charge in [-0.2, -0.15) is 0 Å². The highest BCUT2D eigenvalue weighted by atomic mass is 35.5. The van der Waals surface area contributed by atoms with Gasteiger partial charge in [0.15, 0.2) is 11.5 Å². The Morgan fingerprint density at radius 3 is 2.21 bits per heavy atom. The molecule has 1 aliphatic rings. The highest BCUT2D eigenvalue weighted by Crippen LogP contribution is 2.33. The number of sulfonamides is 1. The van der Waals surface area contributed by atoms with Gasteiger partial charge in [0.1, 0.15) is 12.6 Å². The number of anilines is 1. The van der Waals surface area contributed by atoms with Gasteiger partial charge in [-0.15, -0.1) is 0 Å². The van der Waals surface area contributed by atoms with E-state index < -0.39 is 28.5 Å². The van der Waals surface area contributed by atoms with E-state index in [-0.39, 0.29) is 34.8 Å². The Morgan fingerprint density at radius 2 is 1.60 bits per heavy atom. The first-order chi connectivity index (χ1) is 20.7. The fourth-order valence-corrected chi connectivity index (χ4v) is 6.86. The lowest BCUT2D eigenvalue weighted by Crippen LogP contribution is -2.53. The van der Waals surface area contributed by atoms with E-state index in [1.54, 1.807) is 24.3 Å². The quantitative estimate of drug-likeness (QED) is 0.271. The van der Waals surface area contributed by atoms with Crippen molar-refractivity contribution in [1.29, 1.82) is 0 Å². The molecule has 3 aromatic rings. The summed E-state index contributed by atoms with van der Waals surface area (Å²) in [4.78, 5) is 29.1. The number of halogens is 1. The Morgan fingerprint density at radius 1 is 0.953 bits per heavy atom. The zero-order valence-corrected chi connectivity index (χ0v) is 26.2. The predicted molar refractivity (Wildman–Crippen MR) is 167 cm³/mol. The third kappa shape index (κ3) is 7.80. The first kappa shape index (κ1) is 32.2. The highest BCUT2D eigenvalue weighted by molar-refractivity contribution is 7.92. The number of nitrogens with zero attached hydrogens (tertiary/aromatic N) is 2. The summed E-state index contributed by atoms with van der Waals surface area (Å²) in [5.41, 5.74) is 1.07.